The third-order valence-corrected chi connectivity index (χ3v) is 13.2. The molecule has 0 atom stereocenters. The maximum absolute atomic E-state index is 14.1. The van der Waals surface area contributed by atoms with Gasteiger partial charge in [-0.25, -0.2) is 13.8 Å². The first-order chi connectivity index (χ1) is 26.4. The number of rotatable bonds is 14. The maximum Gasteiger partial charge on any atom is 0.316 e. The number of carbonyl (C=O) groups excluding carboxylic acids is 2. The normalized spacial score (nSPS) is 22.0. The van der Waals surface area contributed by atoms with Crippen LogP contribution in [0.15, 0.2) is 45.6 Å². The fourth-order valence-corrected chi connectivity index (χ4v) is 9.49. The average molecular weight is 943 g/mol. The molecule has 1 spiro atoms. The van der Waals surface area contributed by atoms with E-state index in [4.69, 9.17) is 4.74 Å². The van der Waals surface area contributed by atoms with Gasteiger partial charge in [0, 0.05) is 45.5 Å². The SMILES string of the molecule is CCC1CC2(C1)C(=O)Nc1cnc3cc(F)c(Br)cc3c12.CCCCCCCCCCOC(=O)C1(c2c([N+](=O)[O-])cnc3cc(F)c(Br)cc23)CC(CC)C1.[Fe]. The van der Waals surface area contributed by atoms with Crippen LogP contribution in [0.1, 0.15) is 122 Å². The van der Waals surface area contributed by atoms with Crippen LogP contribution in [0.3, 0.4) is 0 Å². The Balaban J connectivity index is 0.000000232. The number of benzene rings is 2. The number of nitrogens with one attached hydrogen (secondary N) is 1. The standard InChI is InChI=1S/C26H34BrFN2O4.C16H14BrFN2O.Fe/c1-3-5-6-7-8-9-10-11-12-34-25(31)26(15-18(4-2)16-26)24-19-13-20(27)21(28)14-22(19)29-17-23(24)30(32)33;1-2-8-5-16(6-8)14-9-3-10(17)11(18)4-12(9)19-7-13(14)20-15(16)21;/h13-14,17-18H,3-12,15-16H2,1-2H3;3-4,7-8H,2,5-6H2,1H3,(H,20,21);. The first-order valence-corrected chi connectivity index (χ1v) is 21.2. The smallest absolute Gasteiger partial charge is 0.316 e. The first kappa shape index (κ1) is 44.1. The molecule has 4 aromatic rings. The number of esters is 1. The molecule has 1 aliphatic heterocycles. The number of unbranched alkanes of at least 4 members (excludes halogenated alkanes) is 7. The van der Waals surface area contributed by atoms with E-state index in [1.807, 2.05) is 6.92 Å². The summed E-state index contributed by atoms with van der Waals surface area (Å²) in [5.74, 6) is -0.322. The molecule has 2 aromatic heterocycles. The van der Waals surface area contributed by atoms with Crippen molar-refractivity contribution in [1.29, 1.82) is 0 Å². The van der Waals surface area contributed by atoms with Crippen LogP contribution in [0.25, 0.3) is 21.8 Å². The van der Waals surface area contributed by atoms with Crippen molar-refractivity contribution in [3.8, 4) is 0 Å². The van der Waals surface area contributed by atoms with Gasteiger partial charge in [0.2, 0.25) is 5.91 Å². The van der Waals surface area contributed by atoms with E-state index in [0.717, 1.165) is 67.8 Å². The fourth-order valence-electron chi connectivity index (χ4n) is 8.80. The molecule has 56 heavy (non-hydrogen) atoms. The average Bonchev–Trinajstić information content (AvgIpc) is 3.43. The number of hydrogen-bond donors (Lipinski definition) is 1. The molecule has 3 heterocycles. The van der Waals surface area contributed by atoms with Gasteiger partial charge in [-0.15, -0.1) is 0 Å². The van der Waals surface area contributed by atoms with Gasteiger partial charge in [-0.2, -0.15) is 0 Å². The number of fused-ring (bicyclic) bond motifs is 5. The summed E-state index contributed by atoms with van der Waals surface area (Å²) >= 11 is 6.41. The van der Waals surface area contributed by atoms with Crippen molar-refractivity contribution < 1.29 is 45.1 Å². The molecule has 2 saturated carbocycles. The predicted octanol–water partition coefficient (Wildman–Crippen LogP) is 11.9. The second-order valence-electron chi connectivity index (χ2n) is 15.5. The zero-order chi connectivity index (χ0) is 39.5. The summed E-state index contributed by atoms with van der Waals surface area (Å²) in [6.07, 6.45) is 16.6. The molecular weight excluding hydrogens is 894 g/mol. The molecule has 1 N–H and O–H groups in total. The molecule has 2 aliphatic carbocycles. The van der Waals surface area contributed by atoms with Crippen LogP contribution in [-0.2, 0) is 42.2 Å². The van der Waals surface area contributed by atoms with Gasteiger partial charge < -0.3 is 10.1 Å². The molecular formula is C42H48Br2F2FeN4O5. The number of anilines is 1. The third-order valence-electron chi connectivity index (χ3n) is 12.0. The number of hydrogen-bond acceptors (Lipinski definition) is 7. The Hall–Kier alpha value is -3.06. The van der Waals surface area contributed by atoms with Crippen molar-refractivity contribution >= 4 is 76.9 Å². The van der Waals surface area contributed by atoms with Gasteiger partial charge in [-0.3, -0.25) is 24.7 Å². The number of pyridine rings is 2. The van der Waals surface area contributed by atoms with Gasteiger partial charge >= 0.3 is 5.97 Å². The minimum Gasteiger partial charge on any atom is -0.465 e. The van der Waals surface area contributed by atoms with Gasteiger partial charge in [0.1, 0.15) is 23.2 Å². The molecule has 14 heteroatoms. The van der Waals surface area contributed by atoms with E-state index in [2.05, 4.69) is 61.0 Å². The number of halogens is 4. The Morgan fingerprint density at radius 1 is 0.839 bits per heavy atom. The number of nitrogens with zero attached hydrogens (tertiary/aromatic N) is 3. The monoisotopic (exact) mass is 940 g/mol. The molecule has 2 aromatic carbocycles. The zero-order valence-corrected chi connectivity index (χ0v) is 36.2. The van der Waals surface area contributed by atoms with Crippen molar-refractivity contribution in [1.82, 2.24) is 9.97 Å². The van der Waals surface area contributed by atoms with Gasteiger partial charge in [0.15, 0.2) is 0 Å². The van der Waals surface area contributed by atoms with Gasteiger partial charge in [-0.05, 0) is 87.9 Å². The summed E-state index contributed by atoms with van der Waals surface area (Å²) in [7, 11) is 0. The molecule has 1 amide bonds. The molecule has 0 unspecified atom stereocenters. The molecule has 3 aliphatic rings. The summed E-state index contributed by atoms with van der Waals surface area (Å²) in [4.78, 5) is 45.7. The molecule has 302 valence electrons. The molecule has 0 saturated heterocycles. The van der Waals surface area contributed by atoms with E-state index in [0.29, 0.717) is 46.3 Å². The number of carbonyl (C=O) groups is 2. The van der Waals surface area contributed by atoms with E-state index in [1.165, 1.54) is 50.3 Å². The van der Waals surface area contributed by atoms with Crippen molar-refractivity contribution in [3.63, 3.8) is 0 Å². The third kappa shape index (κ3) is 8.54. The van der Waals surface area contributed by atoms with Crippen molar-refractivity contribution in [2.24, 2.45) is 11.8 Å². The number of ether oxygens (including phenoxy) is 1. The quantitative estimate of drug-likeness (QED) is 0.0439. The topological polar surface area (TPSA) is 124 Å². The Morgan fingerprint density at radius 3 is 1.91 bits per heavy atom. The van der Waals surface area contributed by atoms with Crippen LogP contribution in [0.4, 0.5) is 20.2 Å². The zero-order valence-electron chi connectivity index (χ0n) is 32.0. The van der Waals surface area contributed by atoms with Crippen LogP contribution in [0.2, 0.25) is 0 Å². The Bertz CT molecular complexity index is 2110. The maximum atomic E-state index is 14.1. The summed E-state index contributed by atoms with van der Waals surface area (Å²) < 4.78 is 34.2. The molecule has 2 fully saturated rings. The van der Waals surface area contributed by atoms with Crippen LogP contribution in [0, 0.1) is 33.6 Å². The number of nitro groups is 1. The Kier molecular flexibility index (Phi) is 14.7. The molecule has 7 rings (SSSR count). The molecule has 9 nitrogen and oxygen atoms in total. The number of aromatic nitrogens is 2. The van der Waals surface area contributed by atoms with Gasteiger partial charge in [0.25, 0.3) is 5.69 Å². The van der Waals surface area contributed by atoms with E-state index in [1.54, 1.807) is 12.3 Å². The second-order valence-corrected chi connectivity index (χ2v) is 17.2. The Labute approximate surface area is 353 Å². The van der Waals surface area contributed by atoms with E-state index in [9.17, 15) is 28.5 Å². The van der Waals surface area contributed by atoms with Crippen molar-refractivity contribution in [3.05, 3.63) is 78.5 Å². The van der Waals surface area contributed by atoms with Crippen molar-refractivity contribution in [2.45, 2.75) is 121 Å². The minimum atomic E-state index is -1.11. The van der Waals surface area contributed by atoms with Crippen LogP contribution >= 0.6 is 31.9 Å². The van der Waals surface area contributed by atoms with Gasteiger partial charge in [0.05, 0.1) is 54.4 Å². The van der Waals surface area contributed by atoms with E-state index >= 15 is 0 Å². The summed E-state index contributed by atoms with van der Waals surface area (Å²) in [6, 6.07) is 5.90. The fraction of sp³-hybridized carbons (Fsp3) is 0.524. The van der Waals surface area contributed by atoms with Gasteiger partial charge in [-0.1, -0.05) is 78.6 Å². The molecule has 0 bridgehead atoms. The van der Waals surface area contributed by atoms with Crippen LogP contribution in [-0.4, -0.2) is 33.4 Å². The molecule has 0 radical (unpaired) electrons. The minimum absolute atomic E-state index is 0. The van der Waals surface area contributed by atoms with E-state index in [-0.39, 0.29) is 50.4 Å². The van der Waals surface area contributed by atoms with E-state index < -0.39 is 27.5 Å². The first-order valence-electron chi connectivity index (χ1n) is 19.6. The summed E-state index contributed by atoms with van der Waals surface area (Å²) in [5.41, 5.74) is 1.21. The predicted molar refractivity (Wildman–Crippen MR) is 217 cm³/mol. The Morgan fingerprint density at radius 2 is 1.36 bits per heavy atom. The number of amides is 1. The summed E-state index contributed by atoms with van der Waals surface area (Å²) in [5, 5.41) is 16.2. The van der Waals surface area contributed by atoms with Crippen LogP contribution < -0.4 is 5.32 Å². The largest absolute Gasteiger partial charge is 0.465 e. The van der Waals surface area contributed by atoms with Crippen molar-refractivity contribution in [2.75, 3.05) is 11.9 Å². The summed E-state index contributed by atoms with van der Waals surface area (Å²) in [6.45, 7) is 6.71. The second kappa shape index (κ2) is 18.7. The van der Waals surface area contributed by atoms with Crippen LogP contribution in [0.5, 0.6) is 0 Å².